The topological polar surface area (TPSA) is 77.0 Å². The van der Waals surface area contributed by atoms with E-state index < -0.39 is 0 Å². The van der Waals surface area contributed by atoms with Crippen molar-refractivity contribution < 1.29 is 9.52 Å². The van der Waals surface area contributed by atoms with Crippen molar-refractivity contribution >= 4 is 27.0 Å². The van der Waals surface area contributed by atoms with E-state index in [0.717, 1.165) is 21.3 Å². The van der Waals surface area contributed by atoms with Gasteiger partial charge < -0.3 is 9.52 Å². The number of benzene rings is 3. The Morgan fingerprint density at radius 1 is 0.966 bits per heavy atom. The van der Waals surface area contributed by atoms with E-state index in [4.69, 9.17) is 4.42 Å². The zero-order valence-electron chi connectivity index (χ0n) is 15.4. The highest BCUT2D eigenvalue weighted by molar-refractivity contribution is 9.10. The van der Waals surface area contributed by atoms with Crippen LogP contribution in [0.25, 0.3) is 39.4 Å². The quantitative estimate of drug-likeness (QED) is 0.394. The highest BCUT2D eigenvalue weighted by atomic mass is 79.9. The molecule has 0 radical (unpaired) electrons. The summed E-state index contributed by atoms with van der Waals surface area (Å²) in [4.78, 5) is 4.66. The van der Waals surface area contributed by atoms with Crippen molar-refractivity contribution in [2.24, 2.45) is 0 Å². The lowest BCUT2D eigenvalue weighted by Crippen LogP contribution is -1.93. The number of aromatic hydroxyl groups is 1. The predicted octanol–water partition coefficient (Wildman–Crippen LogP) is 5.52. The zero-order chi connectivity index (χ0) is 20.0. The fourth-order valence-corrected chi connectivity index (χ4v) is 3.84. The van der Waals surface area contributed by atoms with Crippen LogP contribution in [0.3, 0.4) is 0 Å². The molecule has 0 fully saturated rings. The standard InChI is InChI=1S/C22H15BrN4O2/c1-13-7-16(27-11-24-25-12-27)10-17(20(13)28)22-26-19-9-15(8-18(23)21(19)29-22)14-5-3-2-4-6-14/h2-12,28H,1H3. The summed E-state index contributed by atoms with van der Waals surface area (Å²) in [6, 6.07) is 17.7. The highest BCUT2D eigenvalue weighted by Gasteiger charge is 2.18. The molecule has 5 rings (SSSR count). The van der Waals surface area contributed by atoms with Gasteiger partial charge in [0.25, 0.3) is 0 Å². The number of oxazole rings is 1. The molecule has 0 aliphatic heterocycles. The Kier molecular flexibility index (Phi) is 4.17. The summed E-state index contributed by atoms with van der Waals surface area (Å²) in [5.74, 6) is 0.481. The molecular formula is C22H15BrN4O2. The van der Waals surface area contributed by atoms with Crippen molar-refractivity contribution in [3.63, 3.8) is 0 Å². The lowest BCUT2D eigenvalue weighted by molar-refractivity contribution is 0.470. The number of aryl methyl sites for hydroxylation is 1. The fourth-order valence-electron chi connectivity index (χ4n) is 3.31. The maximum atomic E-state index is 10.6. The molecule has 1 N–H and O–H groups in total. The average Bonchev–Trinajstić information content (AvgIpc) is 3.41. The SMILES string of the molecule is Cc1cc(-n2cnnc2)cc(-c2nc3cc(-c4ccccc4)cc(Br)c3o2)c1O. The maximum Gasteiger partial charge on any atom is 0.231 e. The van der Waals surface area contributed by atoms with Gasteiger partial charge in [-0.1, -0.05) is 30.3 Å². The van der Waals surface area contributed by atoms with Crippen LogP contribution in [0.5, 0.6) is 5.75 Å². The number of phenolic OH excluding ortho intramolecular Hbond substituents is 1. The van der Waals surface area contributed by atoms with E-state index in [-0.39, 0.29) is 5.75 Å². The smallest absolute Gasteiger partial charge is 0.231 e. The number of aromatic nitrogens is 4. The number of hydrogen-bond acceptors (Lipinski definition) is 5. The van der Waals surface area contributed by atoms with Gasteiger partial charge in [-0.2, -0.15) is 0 Å². The van der Waals surface area contributed by atoms with E-state index in [9.17, 15) is 5.11 Å². The molecule has 0 aliphatic rings. The Hall–Kier alpha value is -3.45. The van der Waals surface area contributed by atoms with Gasteiger partial charge in [0.05, 0.1) is 10.0 Å². The minimum atomic E-state index is 0.132. The lowest BCUT2D eigenvalue weighted by Gasteiger charge is -2.08. The largest absolute Gasteiger partial charge is 0.507 e. The van der Waals surface area contributed by atoms with Crippen molar-refractivity contribution in [3.05, 3.63) is 77.3 Å². The minimum Gasteiger partial charge on any atom is -0.507 e. The van der Waals surface area contributed by atoms with Crippen LogP contribution in [0, 0.1) is 6.92 Å². The molecule has 0 saturated heterocycles. The van der Waals surface area contributed by atoms with Crippen molar-refractivity contribution in [2.75, 3.05) is 0 Å². The first kappa shape index (κ1) is 17.6. The van der Waals surface area contributed by atoms with Gasteiger partial charge in [-0.05, 0) is 63.8 Å². The fraction of sp³-hybridized carbons (Fsp3) is 0.0455. The number of phenols is 1. The van der Waals surface area contributed by atoms with Crippen molar-refractivity contribution in [1.82, 2.24) is 19.7 Å². The second-order valence-electron chi connectivity index (χ2n) is 6.72. The first-order chi connectivity index (χ1) is 14.1. The van der Waals surface area contributed by atoms with Gasteiger partial charge >= 0.3 is 0 Å². The Morgan fingerprint density at radius 2 is 1.72 bits per heavy atom. The molecule has 0 aliphatic carbocycles. The van der Waals surface area contributed by atoms with Crippen LogP contribution < -0.4 is 0 Å². The van der Waals surface area contributed by atoms with Crippen LogP contribution in [0.2, 0.25) is 0 Å². The number of halogens is 1. The van der Waals surface area contributed by atoms with Gasteiger partial charge in [0, 0.05) is 5.69 Å². The average molecular weight is 447 g/mol. The summed E-state index contributed by atoms with van der Waals surface area (Å²) in [5, 5.41) is 18.3. The van der Waals surface area contributed by atoms with Gasteiger partial charge in [0.15, 0.2) is 5.58 Å². The Labute approximate surface area is 174 Å². The summed E-state index contributed by atoms with van der Waals surface area (Å²) in [6.07, 6.45) is 3.20. The number of hydrogen-bond donors (Lipinski definition) is 1. The van der Waals surface area contributed by atoms with E-state index >= 15 is 0 Å². The van der Waals surface area contributed by atoms with Crippen LogP contribution in [0.15, 0.2) is 76.1 Å². The summed E-state index contributed by atoms with van der Waals surface area (Å²) in [7, 11) is 0. The normalized spacial score (nSPS) is 11.2. The number of nitrogens with zero attached hydrogens (tertiary/aromatic N) is 4. The molecule has 2 aromatic heterocycles. The monoisotopic (exact) mass is 446 g/mol. The van der Waals surface area contributed by atoms with Crippen molar-refractivity contribution in [3.8, 4) is 34.0 Å². The molecule has 7 heteroatoms. The second-order valence-corrected chi connectivity index (χ2v) is 7.57. The van der Waals surface area contributed by atoms with E-state index in [0.29, 0.717) is 28.1 Å². The third kappa shape index (κ3) is 3.09. The first-order valence-corrected chi connectivity index (χ1v) is 9.74. The van der Waals surface area contributed by atoms with Gasteiger partial charge in [-0.25, -0.2) is 4.98 Å². The van der Waals surface area contributed by atoms with Crippen LogP contribution >= 0.6 is 15.9 Å². The zero-order valence-corrected chi connectivity index (χ0v) is 17.0. The van der Waals surface area contributed by atoms with Gasteiger partial charge in [-0.15, -0.1) is 10.2 Å². The van der Waals surface area contributed by atoms with Crippen LogP contribution in [0.1, 0.15) is 5.56 Å². The van der Waals surface area contributed by atoms with Crippen LogP contribution in [-0.2, 0) is 0 Å². The molecule has 6 nitrogen and oxygen atoms in total. The van der Waals surface area contributed by atoms with Gasteiger partial charge in [0.2, 0.25) is 5.89 Å². The molecule has 142 valence electrons. The van der Waals surface area contributed by atoms with Gasteiger partial charge in [0.1, 0.15) is 23.9 Å². The molecule has 29 heavy (non-hydrogen) atoms. The Bertz CT molecular complexity index is 1330. The third-order valence-corrected chi connectivity index (χ3v) is 5.37. The molecule has 0 amide bonds. The first-order valence-electron chi connectivity index (χ1n) is 8.94. The number of fused-ring (bicyclic) bond motifs is 1. The molecule has 3 aromatic carbocycles. The molecule has 0 saturated carbocycles. The molecule has 0 bridgehead atoms. The van der Waals surface area contributed by atoms with E-state index in [2.05, 4.69) is 31.1 Å². The minimum absolute atomic E-state index is 0.132. The van der Waals surface area contributed by atoms with Gasteiger partial charge in [-0.3, -0.25) is 4.57 Å². The molecule has 5 aromatic rings. The summed E-state index contributed by atoms with van der Waals surface area (Å²) >= 11 is 3.59. The summed E-state index contributed by atoms with van der Waals surface area (Å²) < 4.78 is 8.60. The maximum absolute atomic E-state index is 10.6. The molecule has 0 unspecified atom stereocenters. The second kappa shape index (κ2) is 6.86. The molecule has 2 heterocycles. The van der Waals surface area contributed by atoms with Crippen LogP contribution in [-0.4, -0.2) is 24.9 Å². The van der Waals surface area contributed by atoms with E-state index in [1.807, 2.05) is 61.5 Å². The third-order valence-electron chi connectivity index (χ3n) is 4.78. The van der Waals surface area contributed by atoms with E-state index in [1.54, 1.807) is 17.2 Å². The van der Waals surface area contributed by atoms with Crippen molar-refractivity contribution in [1.29, 1.82) is 0 Å². The van der Waals surface area contributed by atoms with E-state index in [1.165, 1.54) is 0 Å². The van der Waals surface area contributed by atoms with Crippen molar-refractivity contribution in [2.45, 2.75) is 6.92 Å². The molecule has 0 spiro atoms. The number of rotatable bonds is 3. The lowest BCUT2D eigenvalue weighted by atomic mass is 10.1. The molecule has 0 atom stereocenters. The summed E-state index contributed by atoms with van der Waals surface area (Å²) in [6.45, 7) is 1.83. The predicted molar refractivity (Wildman–Crippen MR) is 114 cm³/mol. The Morgan fingerprint density at radius 3 is 2.48 bits per heavy atom. The highest BCUT2D eigenvalue weighted by Crippen LogP contribution is 2.38. The molecular weight excluding hydrogens is 432 g/mol. The summed E-state index contributed by atoms with van der Waals surface area (Å²) in [5.41, 5.74) is 5.49. The Balaban J connectivity index is 1.67. The van der Waals surface area contributed by atoms with Crippen LogP contribution in [0.4, 0.5) is 0 Å².